The van der Waals surface area contributed by atoms with E-state index in [4.69, 9.17) is 16.3 Å². The lowest BCUT2D eigenvalue weighted by Gasteiger charge is -2.06. The molecule has 1 atom stereocenters. The number of hydrogen-bond donors (Lipinski definition) is 0. The highest BCUT2D eigenvalue weighted by atomic mass is 35.5. The SMILES string of the molecule is COC(C)C(=O)c1ccsc1Cl. The average molecular weight is 205 g/mol. The lowest BCUT2D eigenvalue weighted by atomic mass is 10.1. The van der Waals surface area contributed by atoms with Gasteiger partial charge in [-0.3, -0.25) is 4.79 Å². The lowest BCUT2D eigenvalue weighted by Crippen LogP contribution is -2.18. The zero-order chi connectivity index (χ0) is 9.14. The Morgan fingerprint density at radius 2 is 2.42 bits per heavy atom. The predicted molar refractivity (Wildman–Crippen MR) is 50.1 cm³/mol. The molecule has 0 aliphatic carbocycles. The van der Waals surface area contributed by atoms with Crippen molar-refractivity contribution in [1.82, 2.24) is 0 Å². The Morgan fingerprint density at radius 1 is 1.75 bits per heavy atom. The molecule has 1 heterocycles. The van der Waals surface area contributed by atoms with Crippen molar-refractivity contribution in [3.05, 3.63) is 21.3 Å². The van der Waals surface area contributed by atoms with Crippen molar-refractivity contribution in [2.75, 3.05) is 7.11 Å². The fourth-order valence-corrected chi connectivity index (χ4v) is 1.73. The summed E-state index contributed by atoms with van der Waals surface area (Å²) in [5.41, 5.74) is 0.552. The number of carbonyl (C=O) groups excluding carboxylic acids is 1. The summed E-state index contributed by atoms with van der Waals surface area (Å²) in [5.74, 6) is -0.0660. The first-order valence-electron chi connectivity index (χ1n) is 3.46. The highest BCUT2D eigenvalue weighted by molar-refractivity contribution is 7.14. The number of carbonyl (C=O) groups is 1. The van der Waals surface area contributed by atoms with Crippen LogP contribution in [-0.4, -0.2) is 19.0 Å². The molecule has 0 aliphatic rings. The third-order valence-corrected chi connectivity index (χ3v) is 2.78. The van der Waals surface area contributed by atoms with Gasteiger partial charge in [-0.25, -0.2) is 0 Å². The molecule has 1 unspecified atom stereocenters. The molecule has 66 valence electrons. The van der Waals surface area contributed by atoms with E-state index in [0.29, 0.717) is 9.90 Å². The van der Waals surface area contributed by atoms with E-state index in [-0.39, 0.29) is 5.78 Å². The molecule has 0 saturated carbocycles. The van der Waals surface area contributed by atoms with Crippen molar-refractivity contribution in [2.45, 2.75) is 13.0 Å². The molecule has 4 heteroatoms. The van der Waals surface area contributed by atoms with Gasteiger partial charge in [-0.1, -0.05) is 11.6 Å². The summed E-state index contributed by atoms with van der Waals surface area (Å²) in [4.78, 5) is 11.5. The molecule has 0 bridgehead atoms. The van der Waals surface area contributed by atoms with Crippen molar-refractivity contribution < 1.29 is 9.53 Å². The van der Waals surface area contributed by atoms with Crippen molar-refractivity contribution in [3.63, 3.8) is 0 Å². The maximum absolute atomic E-state index is 11.5. The molecular formula is C8H9ClO2S. The van der Waals surface area contributed by atoms with Crippen LogP contribution in [0.2, 0.25) is 4.34 Å². The molecule has 1 aromatic heterocycles. The van der Waals surface area contributed by atoms with Crippen LogP contribution in [0.3, 0.4) is 0 Å². The number of rotatable bonds is 3. The van der Waals surface area contributed by atoms with Crippen LogP contribution in [0.4, 0.5) is 0 Å². The van der Waals surface area contributed by atoms with E-state index in [0.717, 1.165) is 0 Å². The van der Waals surface area contributed by atoms with Gasteiger partial charge in [0, 0.05) is 12.7 Å². The van der Waals surface area contributed by atoms with E-state index in [9.17, 15) is 4.79 Å². The Kier molecular flexibility index (Phi) is 3.26. The minimum atomic E-state index is -0.419. The Bertz CT molecular complexity index is 282. The number of halogens is 1. The normalized spacial score (nSPS) is 12.9. The van der Waals surface area contributed by atoms with Crippen LogP contribution < -0.4 is 0 Å². The first-order chi connectivity index (χ1) is 5.66. The monoisotopic (exact) mass is 204 g/mol. The van der Waals surface area contributed by atoms with Gasteiger partial charge < -0.3 is 4.74 Å². The van der Waals surface area contributed by atoms with Gasteiger partial charge in [-0.2, -0.15) is 0 Å². The zero-order valence-corrected chi connectivity index (χ0v) is 8.41. The Balaban J connectivity index is 2.85. The van der Waals surface area contributed by atoms with E-state index in [1.54, 1.807) is 18.4 Å². The first kappa shape index (κ1) is 9.71. The second kappa shape index (κ2) is 4.03. The molecule has 0 N–H and O–H groups in total. The summed E-state index contributed by atoms with van der Waals surface area (Å²) < 4.78 is 5.42. The van der Waals surface area contributed by atoms with E-state index >= 15 is 0 Å². The van der Waals surface area contributed by atoms with Crippen LogP contribution in [0, 0.1) is 0 Å². The number of ether oxygens (including phenoxy) is 1. The van der Waals surface area contributed by atoms with E-state index in [2.05, 4.69) is 0 Å². The molecular weight excluding hydrogens is 196 g/mol. The number of methoxy groups -OCH3 is 1. The summed E-state index contributed by atoms with van der Waals surface area (Å²) >= 11 is 7.13. The van der Waals surface area contributed by atoms with Crippen molar-refractivity contribution in [3.8, 4) is 0 Å². The van der Waals surface area contributed by atoms with Gasteiger partial charge in [0.25, 0.3) is 0 Å². The second-order valence-electron chi connectivity index (χ2n) is 2.35. The quantitative estimate of drug-likeness (QED) is 0.708. The minimum absolute atomic E-state index is 0.0660. The fourth-order valence-electron chi connectivity index (χ4n) is 0.796. The maximum atomic E-state index is 11.5. The predicted octanol–water partition coefficient (Wildman–Crippen LogP) is 2.62. The number of hydrogen-bond acceptors (Lipinski definition) is 3. The van der Waals surface area contributed by atoms with Crippen molar-refractivity contribution in [2.24, 2.45) is 0 Å². The Hall–Kier alpha value is -0.380. The molecule has 1 aromatic rings. The molecule has 0 fully saturated rings. The van der Waals surface area contributed by atoms with Gasteiger partial charge in [0.1, 0.15) is 10.4 Å². The highest BCUT2D eigenvalue weighted by Crippen LogP contribution is 2.24. The molecule has 1 rings (SSSR count). The van der Waals surface area contributed by atoms with Gasteiger partial charge in [-0.05, 0) is 18.4 Å². The van der Waals surface area contributed by atoms with Crippen LogP contribution in [-0.2, 0) is 4.74 Å². The molecule has 0 amide bonds. The fraction of sp³-hybridized carbons (Fsp3) is 0.375. The lowest BCUT2D eigenvalue weighted by molar-refractivity contribution is 0.0656. The van der Waals surface area contributed by atoms with Crippen molar-refractivity contribution >= 4 is 28.7 Å². The number of ketones is 1. The summed E-state index contributed by atoms with van der Waals surface area (Å²) in [6, 6.07) is 1.71. The number of thiophene rings is 1. The Labute approximate surface area is 80.1 Å². The van der Waals surface area contributed by atoms with Crippen molar-refractivity contribution in [1.29, 1.82) is 0 Å². The molecule has 0 saturated heterocycles. The number of Topliss-reactive ketones (excluding diaryl/α,β-unsaturated/α-hetero) is 1. The highest BCUT2D eigenvalue weighted by Gasteiger charge is 2.17. The first-order valence-corrected chi connectivity index (χ1v) is 4.72. The van der Waals surface area contributed by atoms with Gasteiger partial charge in [-0.15, -0.1) is 11.3 Å². The van der Waals surface area contributed by atoms with Gasteiger partial charge >= 0.3 is 0 Å². The molecule has 0 radical (unpaired) electrons. The van der Waals surface area contributed by atoms with Gasteiger partial charge in [0.05, 0.1) is 0 Å². The average Bonchev–Trinajstić information content (AvgIpc) is 2.48. The van der Waals surface area contributed by atoms with E-state index < -0.39 is 6.10 Å². The minimum Gasteiger partial charge on any atom is -0.374 e. The summed E-state index contributed by atoms with van der Waals surface area (Å²) in [7, 11) is 1.50. The zero-order valence-electron chi connectivity index (χ0n) is 6.83. The standard InChI is InChI=1S/C8H9ClO2S/c1-5(11-2)7(10)6-3-4-12-8(6)9/h3-5H,1-2H3. The van der Waals surface area contributed by atoms with Crippen LogP contribution in [0.5, 0.6) is 0 Å². The Morgan fingerprint density at radius 3 is 2.83 bits per heavy atom. The third-order valence-electron chi connectivity index (χ3n) is 1.61. The smallest absolute Gasteiger partial charge is 0.193 e. The van der Waals surface area contributed by atoms with E-state index in [1.807, 2.05) is 0 Å². The summed E-state index contributed by atoms with van der Waals surface area (Å²) in [6.45, 7) is 1.70. The molecule has 0 aromatic carbocycles. The van der Waals surface area contributed by atoms with Crippen LogP contribution >= 0.6 is 22.9 Å². The molecule has 0 aliphatic heterocycles. The molecule has 12 heavy (non-hydrogen) atoms. The molecule has 2 nitrogen and oxygen atoms in total. The largest absolute Gasteiger partial charge is 0.374 e. The third kappa shape index (κ3) is 1.86. The summed E-state index contributed by atoms with van der Waals surface area (Å²) in [5, 5.41) is 1.79. The maximum Gasteiger partial charge on any atom is 0.193 e. The van der Waals surface area contributed by atoms with Crippen LogP contribution in [0.15, 0.2) is 11.4 Å². The van der Waals surface area contributed by atoms with Crippen LogP contribution in [0.25, 0.3) is 0 Å². The van der Waals surface area contributed by atoms with Gasteiger partial charge in [0.2, 0.25) is 0 Å². The van der Waals surface area contributed by atoms with Crippen LogP contribution in [0.1, 0.15) is 17.3 Å². The van der Waals surface area contributed by atoms with E-state index in [1.165, 1.54) is 18.4 Å². The summed E-state index contributed by atoms with van der Waals surface area (Å²) in [6.07, 6.45) is -0.419. The second-order valence-corrected chi connectivity index (χ2v) is 3.87. The van der Waals surface area contributed by atoms with Gasteiger partial charge in [0.15, 0.2) is 5.78 Å². The topological polar surface area (TPSA) is 26.3 Å². The molecule has 0 spiro atoms.